The van der Waals surface area contributed by atoms with Crippen molar-refractivity contribution in [2.75, 3.05) is 25.5 Å². The van der Waals surface area contributed by atoms with Gasteiger partial charge in [-0.15, -0.1) is 0 Å². The van der Waals surface area contributed by atoms with E-state index in [2.05, 4.69) is 21.2 Å². The molecule has 1 fully saturated rings. The van der Waals surface area contributed by atoms with Crippen LogP contribution in [0.25, 0.3) is 0 Å². The van der Waals surface area contributed by atoms with Gasteiger partial charge in [0, 0.05) is 17.6 Å². The van der Waals surface area contributed by atoms with E-state index >= 15 is 0 Å². The number of anilines is 1. The largest absolute Gasteiger partial charge is 0.495 e. The van der Waals surface area contributed by atoms with Crippen LogP contribution in [0.3, 0.4) is 0 Å². The molecule has 9 heteroatoms. The molecule has 1 aliphatic heterocycles. The standard InChI is InChI=1S/C19H20BrFN2O4S/c1-27-18-8-6-14(28(25,26)23-9-3-2-4-10-23)12-17(18)22-19(24)15-7-5-13(20)11-16(15)21/h5-8,11-12H,2-4,9-10H2,1H3,(H,22,24). The predicted molar refractivity (Wildman–Crippen MR) is 108 cm³/mol. The number of carbonyl (C=O) groups excluding carboxylic acids is 1. The van der Waals surface area contributed by atoms with Crippen molar-refractivity contribution in [1.29, 1.82) is 0 Å². The van der Waals surface area contributed by atoms with Crippen LogP contribution in [0, 0.1) is 5.82 Å². The molecule has 0 aliphatic carbocycles. The molecule has 0 radical (unpaired) electrons. The van der Waals surface area contributed by atoms with Crippen molar-refractivity contribution >= 4 is 37.5 Å². The lowest BCUT2D eigenvalue weighted by atomic mass is 10.2. The lowest BCUT2D eigenvalue weighted by Crippen LogP contribution is -2.35. The number of benzene rings is 2. The Morgan fingerprint density at radius 2 is 1.86 bits per heavy atom. The molecule has 2 aromatic rings. The van der Waals surface area contributed by atoms with Crippen LogP contribution >= 0.6 is 15.9 Å². The quantitative estimate of drug-likeness (QED) is 0.715. The number of piperidine rings is 1. The Labute approximate surface area is 171 Å². The summed E-state index contributed by atoms with van der Waals surface area (Å²) in [6.07, 6.45) is 2.65. The highest BCUT2D eigenvalue weighted by Gasteiger charge is 2.27. The summed E-state index contributed by atoms with van der Waals surface area (Å²) in [6.45, 7) is 0.945. The smallest absolute Gasteiger partial charge is 0.258 e. The summed E-state index contributed by atoms with van der Waals surface area (Å²) in [5, 5.41) is 2.55. The van der Waals surface area contributed by atoms with Crippen molar-refractivity contribution in [1.82, 2.24) is 4.31 Å². The van der Waals surface area contributed by atoms with E-state index in [1.165, 1.54) is 41.7 Å². The number of ether oxygens (including phenoxy) is 1. The van der Waals surface area contributed by atoms with Crippen LogP contribution in [-0.4, -0.2) is 38.8 Å². The molecule has 3 rings (SSSR count). The highest BCUT2D eigenvalue weighted by Crippen LogP contribution is 2.30. The maximum Gasteiger partial charge on any atom is 0.258 e. The molecule has 28 heavy (non-hydrogen) atoms. The van der Waals surface area contributed by atoms with Crippen molar-refractivity contribution in [2.24, 2.45) is 0 Å². The molecule has 6 nitrogen and oxygen atoms in total. The Balaban J connectivity index is 1.92. The van der Waals surface area contributed by atoms with Gasteiger partial charge in [-0.05, 0) is 49.2 Å². The highest BCUT2D eigenvalue weighted by molar-refractivity contribution is 9.10. The molecule has 1 heterocycles. The Morgan fingerprint density at radius 3 is 2.50 bits per heavy atom. The number of hydrogen-bond donors (Lipinski definition) is 1. The van der Waals surface area contributed by atoms with Gasteiger partial charge in [0.1, 0.15) is 11.6 Å². The number of nitrogens with one attached hydrogen (secondary N) is 1. The second-order valence-corrected chi connectivity index (χ2v) is 9.26. The molecular formula is C19H20BrFN2O4S. The number of halogens is 2. The number of sulfonamides is 1. The van der Waals surface area contributed by atoms with Crippen LogP contribution in [0.2, 0.25) is 0 Å². The SMILES string of the molecule is COc1ccc(S(=O)(=O)N2CCCCC2)cc1NC(=O)c1ccc(Br)cc1F. The molecule has 1 saturated heterocycles. The van der Waals surface area contributed by atoms with Gasteiger partial charge in [-0.3, -0.25) is 4.79 Å². The fourth-order valence-corrected chi connectivity index (χ4v) is 4.94. The number of amides is 1. The zero-order valence-electron chi connectivity index (χ0n) is 15.2. The van der Waals surface area contributed by atoms with Gasteiger partial charge in [0.15, 0.2) is 0 Å². The third kappa shape index (κ3) is 4.37. The second-order valence-electron chi connectivity index (χ2n) is 6.41. The van der Waals surface area contributed by atoms with Crippen LogP contribution in [0.5, 0.6) is 5.75 Å². The number of carbonyl (C=O) groups is 1. The molecule has 1 amide bonds. The van der Waals surface area contributed by atoms with Gasteiger partial charge in [-0.25, -0.2) is 12.8 Å². The average Bonchev–Trinajstić information content (AvgIpc) is 2.68. The Bertz CT molecular complexity index is 991. The molecule has 0 atom stereocenters. The van der Waals surface area contributed by atoms with Crippen LogP contribution in [0.15, 0.2) is 45.8 Å². The summed E-state index contributed by atoms with van der Waals surface area (Å²) in [7, 11) is -2.27. The first kappa shape index (κ1) is 20.8. The van der Waals surface area contributed by atoms with E-state index in [4.69, 9.17) is 4.74 Å². The molecule has 1 aliphatic rings. The molecular weight excluding hydrogens is 451 g/mol. The fourth-order valence-electron chi connectivity index (χ4n) is 3.06. The Morgan fingerprint density at radius 1 is 1.14 bits per heavy atom. The predicted octanol–water partition coefficient (Wildman–Crippen LogP) is 4.02. The summed E-state index contributed by atoms with van der Waals surface area (Å²) in [5.74, 6) is -1.11. The van der Waals surface area contributed by atoms with Gasteiger partial charge in [0.25, 0.3) is 5.91 Å². The number of rotatable bonds is 5. The monoisotopic (exact) mass is 470 g/mol. The zero-order chi connectivity index (χ0) is 20.3. The van der Waals surface area contributed by atoms with Crippen molar-refractivity contribution in [3.63, 3.8) is 0 Å². The van der Waals surface area contributed by atoms with Gasteiger partial charge in [0.2, 0.25) is 10.0 Å². The fraction of sp³-hybridized carbons (Fsp3) is 0.316. The van der Waals surface area contributed by atoms with Crippen LogP contribution < -0.4 is 10.1 Å². The average molecular weight is 471 g/mol. The van der Waals surface area contributed by atoms with Gasteiger partial charge < -0.3 is 10.1 Å². The normalized spacial score (nSPS) is 15.2. The molecule has 0 bridgehead atoms. The van der Waals surface area contributed by atoms with Crippen LogP contribution in [-0.2, 0) is 10.0 Å². The first-order chi connectivity index (χ1) is 13.3. The number of hydrogen-bond acceptors (Lipinski definition) is 4. The van der Waals surface area contributed by atoms with E-state index in [9.17, 15) is 17.6 Å². The number of methoxy groups -OCH3 is 1. The van der Waals surface area contributed by atoms with Crippen molar-refractivity contribution in [2.45, 2.75) is 24.2 Å². The maximum absolute atomic E-state index is 14.1. The topological polar surface area (TPSA) is 75.7 Å². The lowest BCUT2D eigenvalue weighted by Gasteiger charge is -2.26. The lowest BCUT2D eigenvalue weighted by molar-refractivity contribution is 0.102. The van der Waals surface area contributed by atoms with Gasteiger partial charge in [-0.1, -0.05) is 22.4 Å². The summed E-state index contributed by atoms with van der Waals surface area (Å²) < 4.78 is 47.0. The first-order valence-electron chi connectivity index (χ1n) is 8.77. The summed E-state index contributed by atoms with van der Waals surface area (Å²) >= 11 is 3.14. The Kier molecular flexibility index (Phi) is 6.36. The van der Waals surface area contributed by atoms with E-state index in [0.29, 0.717) is 17.6 Å². The summed E-state index contributed by atoms with van der Waals surface area (Å²) in [6, 6.07) is 8.34. The molecule has 1 N–H and O–H groups in total. The number of nitrogens with zero attached hydrogens (tertiary/aromatic N) is 1. The van der Waals surface area contributed by atoms with E-state index in [1.807, 2.05) is 0 Å². The van der Waals surface area contributed by atoms with E-state index < -0.39 is 21.7 Å². The van der Waals surface area contributed by atoms with E-state index in [1.54, 1.807) is 6.07 Å². The highest BCUT2D eigenvalue weighted by atomic mass is 79.9. The zero-order valence-corrected chi connectivity index (χ0v) is 17.6. The minimum atomic E-state index is -3.68. The minimum absolute atomic E-state index is 0.0572. The molecule has 0 aromatic heterocycles. The molecule has 0 unspecified atom stereocenters. The molecule has 2 aromatic carbocycles. The minimum Gasteiger partial charge on any atom is -0.495 e. The summed E-state index contributed by atoms with van der Waals surface area (Å²) in [5.41, 5.74) is 0.00227. The van der Waals surface area contributed by atoms with Crippen LogP contribution in [0.4, 0.5) is 10.1 Å². The van der Waals surface area contributed by atoms with E-state index in [0.717, 1.165) is 19.3 Å². The van der Waals surface area contributed by atoms with Crippen molar-refractivity contribution in [3.05, 3.63) is 52.3 Å². The van der Waals surface area contributed by atoms with Crippen molar-refractivity contribution < 1.29 is 22.3 Å². The van der Waals surface area contributed by atoms with Crippen molar-refractivity contribution in [3.8, 4) is 5.75 Å². The second kappa shape index (κ2) is 8.59. The molecule has 0 spiro atoms. The van der Waals surface area contributed by atoms with E-state index in [-0.39, 0.29) is 21.9 Å². The third-order valence-corrected chi connectivity index (χ3v) is 6.94. The van der Waals surface area contributed by atoms with Crippen LogP contribution in [0.1, 0.15) is 29.6 Å². The molecule has 150 valence electrons. The third-order valence-electron chi connectivity index (χ3n) is 4.55. The summed E-state index contributed by atoms with van der Waals surface area (Å²) in [4.78, 5) is 12.6. The molecule has 0 saturated carbocycles. The maximum atomic E-state index is 14.1. The van der Waals surface area contributed by atoms with Gasteiger partial charge in [-0.2, -0.15) is 4.31 Å². The first-order valence-corrected chi connectivity index (χ1v) is 11.0. The Hall–Kier alpha value is -1.97. The van der Waals surface area contributed by atoms with Gasteiger partial charge >= 0.3 is 0 Å². The van der Waals surface area contributed by atoms with Gasteiger partial charge in [0.05, 0.1) is 23.3 Å².